The molecule has 0 bridgehead atoms. The van der Waals surface area contributed by atoms with E-state index in [0.29, 0.717) is 0 Å². The van der Waals surface area contributed by atoms with Crippen LogP contribution in [0.2, 0.25) is 0 Å². The van der Waals surface area contributed by atoms with Crippen molar-refractivity contribution in [2.75, 3.05) is 11.9 Å². The highest BCUT2D eigenvalue weighted by molar-refractivity contribution is 7.10. The van der Waals surface area contributed by atoms with Gasteiger partial charge in [-0.15, -0.1) is 11.3 Å². The molecule has 0 spiro atoms. The maximum Gasteiger partial charge on any atom is 0.241 e. The lowest BCUT2D eigenvalue weighted by molar-refractivity contribution is -0.120. The number of fused-ring (bicyclic) bond motifs is 2. The molecule has 1 amide bonds. The Hall–Kier alpha value is -0.870. The topological polar surface area (TPSA) is 32.3 Å². The smallest absolute Gasteiger partial charge is 0.241 e. The van der Waals surface area contributed by atoms with Gasteiger partial charge in [0.2, 0.25) is 5.91 Å². The molecule has 3 heterocycles. The SMILES string of the molecule is O=C1Nc2ccsc2CN2CCCC12. The molecule has 1 fully saturated rings. The van der Waals surface area contributed by atoms with Gasteiger partial charge in [0.05, 0.1) is 11.7 Å². The first-order chi connectivity index (χ1) is 6.84. The highest BCUT2D eigenvalue weighted by atomic mass is 32.1. The summed E-state index contributed by atoms with van der Waals surface area (Å²) in [5.41, 5.74) is 1.02. The molecule has 3 rings (SSSR count). The lowest BCUT2D eigenvalue weighted by Gasteiger charge is -2.18. The van der Waals surface area contributed by atoms with Gasteiger partial charge in [-0.3, -0.25) is 9.69 Å². The van der Waals surface area contributed by atoms with Crippen LogP contribution < -0.4 is 5.32 Å². The third kappa shape index (κ3) is 1.18. The van der Waals surface area contributed by atoms with Crippen molar-refractivity contribution in [3.63, 3.8) is 0 Å². The molecule has 1 aromatic rings. The number of rotatable bonds is 0. The van der Waals surface area contributed by atoms with E-state index in [-0.39, 0.29) is 11.9 Å². The zero-order valence-corrected chi connectivity index (χ0v) is 8.64. The van der Waals surface area contributed by atoms with Gasteiger partial charge in [-0.1, -0.05) is 0 Å². The second-order valence-corrected chi connectivity index (χ2v) is 4.88. The van der Waals surface area contributed by atoms with Crippen LogP contribution >= 0.6 is 11.3 Å². The van der Waals surface area contributed by atoms with Crippen LogP contribution in [-0.2, 0) is 11.3 Å². The molecule has 0 saturated carbocycles. The number of nitrogens with one attached hydrogen (secondary N) is 1. The third-order valence-corrected chi connectivity index (χ3v) is 3.92. The Morgan fingerprint density at radius 1 is 1.57 bits per heavy atom. The second kappa shape index (κ2) is 3.07. The van der Waals surface area contributed by atoms with Crippen LogP contribution in [0.4, 0.5) is 5.69 Å². The van der Waals surface area contributed by atoms with Crippen molar-refractivity contribution in [1.82, 2.24) is 4.90 Å². The minimum absolute atomic E-state index is 0.120. The van der Waals surface area contributed by atoms with Crippen LogP contribution in [0.1, 0.15) is 17.7 Å². The van der Waals surface area contributed by atoms with E-state index in [4.69, 9.17) is 0 Å². The highest BCUT2D eigenvalue weighted by Gasteiger charge is 2.33. The van der Waals surface area contributed by atoms with Gasteiger partial charge >= 0.3 is 0 Å². The quantitative estimate of drug-likeness (QED) is 0.703. The van der Waals surface area contributed by atoms with Gasteiger partial charge in [-0.05, 0) is 30.8 Å². The maximum absolute atomic E-state index is 11.8. The molecular weight excluding hydrogens is 196 g/mol. The zero-order chi connectivity index (χ0) is 9.54. The van der Waals surface area contributed by atoms with E-state index in [1.165, 1.54) is 4.88 Å². The van der Waals surface area contributed by atoms with Gasteiger partial charge in [0, 0.05) is 11.4 Å². The van der Waals surface area contributed by atoms with E-state index in [0.717, 1.165) is 31.6 Å². The molecular formula is C10H12N2OS. The molecule has 1 N–H and O–H groups in total. The number of thiophene rings is 1. The minimum Gasteiger partial charge on any atom is -0.324 e. The first-order valence-corrected chi connectivity index (χ1v) is 5.84. The summed E-state index contributed by atoms with van der Waals surface area (Å²) >= 11 is 1.73. The fraction of sp³-hybridized carbons (Fsp3) is 0.500. The van der Waals surface area contributed by atoms with Crippen LogP contribution in [-0.4, -0.2) is 23.4 Å². The molecule has 1 unspecified atom stereocenters. The normalized spacial score (nSPS) is 26.6. The minimum atomic E-state index is 0.120. The Morgan fingerprint density at radius 2 is 2.50 bits per heavy atom. The van der Waals surface area contributed by atoms with Crippen molar-refractivity contribution in [2.24, 2.45) is 0 Å². The maximum atomic E-state index is 11.8. The number of carbonyl (C=O) groups is 1. The lowest BCUT2D eigenvalue weighted by Crippen LogP contribution is -2.36. The number of carbonyl (C=O) groups excluding carboxylic acids is 1. The monoisotopic (exact) mass is 208 g/mol. The van der Waals surface area contributed by atoms with Crippen LogP contribution in [0.25, 0.3) is 0 Å². The van der Waals surface area contributed by atoms with Gasteiger partial charge in [0.15, 0.2) is 0 Å². The lowest BCUT2D eigenvalue weighted by atomic mass is 10.2. The van der Waals surface area contributed by atoms with E-state index < -0.39 is 0 Å². The van der Waals surface area contributed by atoms with E-state index >= 15 is 0 Å². The molecule has 1 saturated heterocycles. The number of hydrogen-bond acceptors (Lipinski definition) is 3. The van der Waals surface area contributed by atoms with Gasteiger partial charge in [-0.25, -0.2) is 0 Å². The largest absolute Gasteiger partial charge is 0.324 e. The van der Waals surface area contributed by atoms with Gasteiger partial charge in [0.25, 0.3) is 0 Å². The summed E-state index contributed by atoms with van der Waals surface area (Å²) in [6, 6.07) is 2.12. The average Bonchev–Trinajstić information content (AvgIpc) is 2.75. The first kappa shape index (κ1) is 8.44. The van der Waals surface area contributed by atoms with E-state index in [1.807, 2.05) is 11.4 Å². The van der Waals surface area contributed by atoms with Gasteiger partial charge < -0.3 is 5.32 Å². The van der Waals surface area contributed by atoms with E-state index in [1.54, 1.807) is 11.3 Å². The van der Waals surface area contributed by atoms with Crippen molar-refractivity contribution < 1.29 is 4.79 Å². The fourth-order valence-corrected chi connectivity index (χ4v) is 3.14. The molecule has 3 nitrogen and oxygen atoms in total. The predicted molar refractivity (Wildman–Crippen MR) is 56.4 cm³/mol. The number of amides is 1. The molecule has 0 aliphatic carbocycles. The van der Waals surface area contributed by atoms with E-state index in [9.17, 15) is 4.79 Å². The Kier molecular flexibility index (Phi) is 1.85. The average molecular weight is 208 g/mol. The van der Waals surface area contributed by atoms with E-state index in [2.05, 4.69) is 10.2 Å². The summed E-state index contributed by atoms with van der Waals surface area (Å²) in [6.45, 7) is 2.01. The number of anilines is 1. The fourth-order valence-electron chi connectivity index (χ4n) is 2.29. The molecule has 2 aliphatic rings. The summed E-state index contributed by atoms with van der Waals surface area (Å²) in [5, 5.41) is 5.05. The summed E-state index contributed by atoms with van der Waals surface area (Å²) in [5.74, 6) is 0.180. The standard InChI is InChI=1S/C10H12N2OS/c13-10-8-2-1-4-12(8)6-9-7(11-10)3-5-14-9/h3,5,8H,1-2,4,6H2,(H,11,13). The number of nitrogens with zero attached hydrogens (tertiary/aromatic N) is 1. The molecule has 2 aliphatic heterocycles. The summed E-state index contributed by atoms with van der Waals surface area (Å²) < 4.78 is 0. The van der Waals surface area contributed by atoms with Gasteiger partial charge in [0.1, 0.15) is 0 Å². The zero-order valence-electron chi connectivity index (χ0n) is 7.82. The van der Waals surface area contributed by atoms with Crippen molar-refractivity contribution >= 4 is 22.9 Å². The summed E-state index contributed by atoms with van der Waals surface area (Å²) in [4.78, 5) is 15.4. The molecule has 0 aromatic carbocycles. The first-order valence-electron chi connectivity index (χ1n) is 4.96. The highest BCUT2D eigenvalue weighted by Crippen LogP contribution is 2.31. The van der Waals surface area contributed by atoms with Crippen molar-refractivity contribution in [3.05, 3.63) is 16.3 Å². The number of hydrogen-bond donors (Lipinski definition) is 1. The van der Waals surface area contributed by atoms with Gasteiger partial charge in [-0.2, -0.15) is 0 Å². The Morgan fingerprint density at radius 3 is 3.43 bits per heavy atom. The van der Waals surface area contributed by atoms with Crippen LogP contribution in [0.5, 0.6) is 0 Å². The Balaban J connectivity index is 1.98. The van der Waals surface area contributed by atoms with Crippen molar-refractivity contribution in [2.45, 2.75) is 25.4 Å². The molecule has 14 heavy (non-hydrogen) atoms. The molecule has 1 aromatic heterocycles. The van der Waals surface area contributed by atoms with Crippen LogP contribution in [0, 0.1) is 0 Å². The Bertz CT molecular complexity index is 374. The summed E-state index contributed by atoms with van der Waals surface area (Å²) in [7, 11) is 0. The molecule has 4 heteroatoms. The molecule has 1 atom stereocenters. The van der Waals surface area contributed by atoms with Crippen molar-refractivity contribution in [3.8, 4) is 0 Å². The third-order valence-electron chi connectivity index (χ3n) is 3.02. The van der Waals surface area contributed by atoms with Crippen LogP contribution in [0.15, 0.2) is 11.4 Å². The van der Waals surface area contributed by atoms with Crippen molar-refractivity contribution in [1.29, 1.82) is 0 Å². The van der Waals surface area contributed by atoms with Crippen LogP contribution in [0.3, 0.4) is 0 Å². The molecule has 74 valence electrons. The summed E-state index contributed by atoms with van der Waals surface area (Å²) in [6.07, 6.45) is 2.17. The second-order valence-electron chi connectivity index (χ2n) is 3.88. The predicted octanol–water partition coefficient (Wildman–Crippen LogP) is 1.66. The molecule has 0 radical (unpaired) electrons. The Labute approximate surface area is 86.7 Å².